The number of anilines is 1. The molecule has 53 heavy (non-hydrogen) atoms. The number of nitrogens with zero attached hydrogens (tertiary/aromatic N) is 4. The molecule has 2 aromatic rings. The van der Waals surface area contributed by atoms with E-state index >= 15 is 0 Å². The number of carbonyl (C=O) groups excluding carboxylic acids is 3. The van der Waals surface area contributed by atoms with E-state index < -0.39 is 95.4 Å². The van der Waals surface area contributed by atoms with Crippen LogP contribution in [0.15, 0.2) is 24.6 Å². The van der Waals surface area contributed by atoms with Crippen LogP contribution in [0.1, 0.15) is 33.4 Å². The zero-order valence-corrected chi connectivity index (χ0v) is 32.0. The van der Waals surface area contributed by atoms with Gasteiger partial charge in [0.15, 0.2) is 22.8 Å². The van der Waals surface area contributed by atoms with Gasteiger partial charge in [-0.25, -0.2) is 28.6 Å². The van der Waals surface area contributed by atoms with Gasteiger partial charge in [0.1, 0.15) is 36.3 Å². The van der Waals surface area contributed by atoms with Crippen LogP contribution in [0.3, 0.4) is 0 Å². The van der Waals surface area contributed by atoms with E-state index in [1.807, 2.05) is 0 Å². The topological polar surface area (TPSA) is 364 Å². The highest BCUT2D eigenvalue weighted by atomic mass is 32.2. The molecule has 4 unspecified atom stereocenters. The molecule has 1 saturated heterocycles. The number of imidazole rings is 1. The lowest BCUT2D eigenvalue weighted by Gasteiger charge is -2.30. The van der Waals surface area contributed by atoms with Crippen molar-refractivity contribution < 1.29 is 80.5 Å². The number of carbonyl (C=O) groups is 3. The molecule has 0 spiro atoms. The number of nitrogen functional groups attached to an aromatic ring is 1. The van der Waals surface area contributed by atoms with Crippen LogP contribution >= 0.6 is 34.4 Å². The van der Waals surface area contributed by atoms with Gasteiger partial charge in [0.05, 0.1) is 19.5 Å². The number of thiol groups is 1. The van der Waals surface area contributed by atoms with Crippen molar-refractivity contribution in [1.29, 1.82) is 0 Å². The fourth-order valence-electron chi connectivity index (χ4n) is 4.63. The molecule has 0 aromatic carbocycles. The minimum atomic E-state index is -5.57. The summed E-state index contributed by atoms with van der Waals surface area (Å²) in [6.45, 7) is 5.51. The quantitative estimate of drug-likeness (QED) is 0.0570. The number of nitrogens with one attached hydrogen (secondary N) is 2. The Morgan fingerprint density at radius 2 is 1.77 bits per heavy atom. The van der Waals surface area contributed by atoms with Crippen molar-refractivity contribution in [2.45, 2.75) is 57.8 Å². The Morgan fingerprint density at radius 3 is 2.40 bits per heavy atom. The summed E-state index contributed by atoms with van der Waals surface area (Å²) >= 11 is 0. The SMILES string of the molecule is C=C[SH](CCNC(=O)CCNC(=O)C(O)C(C)(C)COP(=O)(O)OP(=O)(O)OC[C@H]1O[C@@H](n2cnc3c(N)ncnc32)[C@H](O)[C@@H]1OP(=O)(O)O)C(C)=O. The lowest BCUT2D eigenvalue weighted by molar-refractivity contribution is -0.137. The van der Waals surface area contributed by atoms with E-state index in [0.29, 0.717) is 5.75 Å². The summed E-state index contributed by atoms with van der Waals surface area (Å²) in [5, 5.41) is 27.8. The van der Waals surface area contributed by atoms with E-state index in [2.05, 4.69) is 41.0 Å². The van der Waals surface area contributed by atoms with Gasteiger partial charge in [0.25, 0.3) is 0 Å². The number of fused-ring (bicyclic) bond motifs is 1. The number of phosphoric ester groups is 3. The minimum Gasteiger partial charge on any atom is -0.386 e. The van der Waals surface area contributed by atoms with Crippen LogP contribution in [0.2, 0.25) is 0 Å². The smallest absolute Gasteiger partial charge is 0.386 e. The van der Waals surface area contributed by atoms with Crippen LogP contribution in [0, 0.1) is 5.41 Å². The van der Waals surface area contributed by atoms with E-state index in [4.69, 9.17) is 19.5 Å². The molecule has 0 saturated carbocycles. The number of hydrogen-bond donors (Lipinski definition) is 10. The van der Waals surface area contributed by atoms with E-state index in [-0.39, 0.29) is 41.6 Å². The molecule has 24 nitrogen and oxygen atoms in total. The second-order valence-electron chi connectivity index (χ2n) is 12.0. The van der Waals surface area contributed by atoms with E-state index in [1.165, 1.54) is 26.2 Å². The lowest BCUT2D eigenvalue weighted by Crippen LogP contribution is -2.46. The predicted octanol–water partition coefficient (Wildman–Crippen LogP) is -0.904. The largest absolute Gasteiger partial charge is 0.481 e. The number of nitrogens with two attached hydrogens (primary N) is 1. The summed E-state index contributed by atoms with van der Waals surface area (Å²) in [6.07, 6.45) is -6.92. The standard InChI is InChI=1S/C25H42N7O17P3S/c1-5-53(14(2)33)9-8-27-16(34)6-7-28-23(37)20(36)25(3,4)11-46-52(43,44)49-51(41,42)45-10-15-19(48-50(38,39)40)18(35)24(47-15)32-13-31-17-21(26)29-12-30-22(17)32/h5,12-13,15,18-20,24,35-36,53H,1,6-11H2,2-4H3,(H,27,34)(H,28,37)(H,41,42)(H,43,44)(H2,26,29,30)(H2,38,39,40)/t15-,18-,19-,20?,24-/m1/s1. The van der Waals surface area contributed by atoms with Crippen molar-refractivity contribution in [1.82, 2.24) is 30.2 Å². The van der Waals surface area contributed by atoms with Crippen LogP contribution in [0.5, 0.6) is 0 Å². The van der Waals surface area contributed by atoms with Gasteiger partial charge >= 0.3 is 23.5 Å². The zero-order chi connectivity index (χ0) is 39.9. The van der Waals surface area contributed by atoms with E-state index in [9.17, 15) is 57.9 Å². The van der Waals surface area contributed by atoms with E-state index in [1.54, 1.807) is 0 Å². The maximum Gasteiger partial charge on any atom is 0.481 e. The van der Waals surface area contributed by atoms with Gasteiger partial charge in [-0.1, -0.05) is 20.4 Å². The molecule has 0 aliphatic carbocycles. The third-order valence-electron chi connectivity index (χ3n) is 7.38. The Hall–Kier alpha value is -2.70. The molecule has 0 bridgehead atoms. The van der Waals surface area contributed by atoms with Gasteiger partial charge in [-0.05, 0) is 5.41 Å². The summed E-state index contributed by atoms with van der Waals surface area (Å²) in [5.41, 5.74) is 4.25. The fraction of sp³-hybridized carbons (Fsp3) is 0.600. The molecular formula is C25H42N7O17P3S. The van der Waals surface area contributed by atoms with Crippen molar-refractivity contribution in [3.63, 3.8) is 0 Å². The van der Waals surface area contributed by atoms with Crippen LogP contribution in [0.25, 0.3) is 11.2 Å². The van der Waals surface area contributed by atoms with Crippen LogP contribution < -0.4 is 16.4 Å². The fourth-order valence-corrected chi connectivity index (χ4v) is 8.57. The normalized spacial score (nSPS) is 23.1. The predicted molar refractivity (Wildman–Crippen MR) is 184 cm³/mol. The van der Waals surface area contributed by atoms with Gasteiger partial charge in [0.2, 0.25) is 11.8 Å². The van der Waals surface area contributed by atoms with Crippen molar-refractivity contribution >= 4 is 68.3 Å². The second-order valence-corrected chi connectivity index (χ2v) is 18.6. The van der Waals surface area contributed by atoms with Gasteiger partial charge in [-0.2, -0.15) is 15.2 Å². The molecule has 28 heteroatoms. The molecule has 1 fully saturated rings. The lowest BCUT2D eigenvalue weighted by atomic mass is 9.87. The number of phosphoric acid groups is 3. The number of rotatable bonds is 20. The molecule has 1 aliphatic rings. The number of aromatic nitrogens is 4. The Kier molecular flexibility index (Phi) is 15.4. The summed E-state index contributed by atoms with van der Waals surface area (Å²) < 4.78 is 61.9. The van der Waals surface area contributed by atoms with Crippen molar-refractivity contribution in [3.05, 3.63) is 24.6 Å². The first kappa shape index (κ1) is 44.7. The first-order valence-corrected chi connectivity index (χ1v) is 21.4. The number of aliphatic hydroxyl groups excluding tert-OH is 2. The summed E-state index contributed by atoms with van der Waals surface area (Å²) in [5.74, 6) is -1.06. The summed E-state index contributed by atoms with van der Waals surface area (Å²) in [4.78, 5) is 86.8. The highest BCUT2D eigenvalue weighted by Crippen LogP contribution is 2.61. The Balaban J connectivity index is 1.54. The molecule has 10 N–H and O–H groups in total. The Bertz CT molecular complexity index is 1790. The zero-order valence-electron chi connectivity index (χ0n) is 28.4. The van der Waals surface area contributed by atoms with Crippen molar-refractivity contribution in [2.24, 2.45) is 5.41 Å². The highest BCUT2D eigenvalue weighted by molar-refractivity contribution is 8.32. The van der Waals surface area contributed by atoms with Crippen molar-refractivity contribution in [3.8, 4) is 0 Å². The molecule has 2 aromatic heterocycles. The average molecular weight is 838 g/mol. The van der Waals surface area contributed by atoms with Gasteiger partial charge in [-0.3, -0.25) is 32.5 Å². The highest BCUT2D eigenvalue weighted by Gasteiger charge is 2.50. The minimum absolute atomic E-state index is 0.0297. The average Bonchev–Trinajstić information content (AvgIpc) is 3.60. The number of hydrogen-bond acceptors (Lipinski definition) is 17. The van der Waals surface area contributed by atoms with Crippen molar-refractivity contribution in [2.75, 3.05) is 37.8 Å². The van der Waals surface area contributed by atoms with Crippen LogP contribution in [-0.2, 0) is 50.7 Å². The van der Waals surface area contributed by atoms with Gasteiger partial charge < -0.3 is 50.9 Å². The number of aliphatic hydroxyl groups is 2. The molecule has 2 amide bonds. The third kappa shape index (κ3) is 12.9. The Morgan fingerprint density at radius 1 is 1.11 bits per heavy atom. The number of amides is 2. The summed E-state index contributed by atoms with van der Waals surface area (Å²) in [7, 11) is -17.5. The second kappa shape index (κ2) is 18.3. The van der Waals surface area contributed by atoms with Crippen LogP contribution in [-0.4, -0.2) is 123 Å². The third-order valence-corrected chi connectivity index (χ3v) is 12.4. The monoisotopic (exact) mass is 837 g/mol. The van der Waals surface area contributed by atoms with E-state index in [0.717, 1.165) is 17.2 Å². The van der Waals surface area contributed by atoms with Gasteiger partial charge in [-0.15, -0.1) is 0 Å². The number of ether oxygens (including phenoxy) is 1. The Labute approximate surface area is 304 Å². The maximum absolute atomic E-state index is 12.6. The molecule has 3 rings (SSSR count). The molecule has 300 valence electrons. The summed E-state index contributed by atoms with van der Waals surface area (Å²) in [6, 6.07) is 0. The molecule has 8 atom stereocenters. The van der Waals surface area contributed by atoms with Crippen LogP contribution in [0.4, 0.5) is 5.82 Å². The maximum atomic E-state index is 12.6. The molecule has 1 aliphatic heterocycles. The molecule has 3 heterocycles. The first-order chi connectivity index (χ1) is 24.5. The molecule has 0 radical (unpaired) electrons. The van der Waals surface area contributed by atoms with Gasteiger partial charge in [0, 0.05) is 37.6 Å². The first-order valence-electron chi connectivity index (χ1n) is 15.3. The molecular weight excluding hydrogens is 795 g/mol.